The van der Waals surface area contributed by atoms with Gasteiger partial charge in [-0.05, 0) is 140 Å². The van der Waals surface area contributed by atoms with Crippen molar-refractivity contribution in [3.63, 3.8) is 0 Å². The first-order chi connectivity index (χ1) is 27.2. The Kier molecular flexibility index (Phi) is 43.3. The Morgan fingerprint density at radius 1 is 0.417 bits per heavy atom. The number of halogens is 4. The predicted molar refractivity (Wildman–Crippen MR) is 274 cm³/mol. The summed E-state index contributed by atoms with van der Waals surface area (Å²) >= 11 is -1.65. The number of hydrogen-bond acceptors (Lipinski definition) is 0. The molecule has 8 aliphatic rings. The molecule has 6 heteroatoms. The summed E-state index contributed by atoms with van der Waals surface area (Å²) in [5.74, 6) is 11.5. The van der Waals surface area contributed by atoms with E-state index in [9.17, 15) is 0 Å². The van der Waals surface area contributed by atoms with E-state index < -0.39 is 41.7 Å². The van der Waals surface area contributed by atoms with Crippen LogP contribution in [-0.2, 0) is 41.7 Å². The van der Waals surface area contributed by atoms with E-state index in [4.69, 9.17) is 34.1 Å². The van der Waals surface area contributed by atoms with E-state index >= 15 is 0 Å². The van der Waals surface area contributed by atoms with E-state index in [2.05, 4.69) is 76.3 Å². The van der Waals surface area contributed by atoms with Crippen molar-refractivity contribution in [3.05, 3.63) is 78.3 Å². The fourth-order valence-corrected chi connectivity index (χ4v) is 13.3. The van der Waals surface area contributed by atoms with Crippen LogP contribution >= 0.6 is 34.1 Å². The number of fused-ring (bicyclic) bond motifs is 5. The van der Waals surface area contributed by atoms with Gasteiger partial charge in [0.25, 0.3) is 0 Å². The van der Waals surface area contributed by atoms with Crippen molar-refractivity contribution in [2.45, 2.75) is 186 Å². The minimum atomic E-state index is -0.826. The molecule has 8 aliphatic carbocycles. The third kappa shape index (κ3) is 18.5. The molecule has 0 saturated heterocycles. The van der Waals surface area contributed by atoms with Crippen molar-refractivity contribution in [1.82, 2.24) is 0 Å². The maximum atomic E-state index is 4.93. The Morgan fingerprint density at radius 3 is 1.28 bits per heavy atom. The number of allylic oxidation sites excluding steroid dienone is 8. The average molecular weight is 1070 g/mol. The Bertz CT molecular complexity index is 1090. The second kappa shape index (κ2) is 37.9. The van der Waals surface area contributed by atoms with Gasteiger partial charge >= 0.3 is 75.7 Å². The summed E-state index contributed by atoms with van der Waals surface area (Å²) in [7, 11) is 19.7. The van der Waals surface area contributed by atoms with Crippen molar-refractivity contribution >= 4 is 34.1 Å². The molecular weight excluding hydrogens is 973 g/mol. The van der Waals surface area contributed by atoms with Crippen molar-refractivity contribution in [3.8, 4) is 0 Å². The normalized spacial score (nSPS) is 31.8. The molecule has 0 aromatic heterocycles. The second-order valence-electron chi connectivity index (χ2n) is 18.0. The molecule has 0 aliphatic heterocycles. The molecule has 0 amide bonds. The van der Waals surface area contributed by atoms with Gasteiger partial charge in [-0.3, -0.25) is 0 Å². The van der Waals surface area contributed by atoms with Crippen LogP contribution in [0.1, 0.15) is 186 Å². The maximum absolute atomic E-state index is 4.93. The first-order valence-corrected chi connectivity index (χ1v) is 36.5. The number of rotatable bonds is 4. The molecule has 0 nitrogen and oxygen atoms in total. The molecule has 8 rings (SSSR count). The zero-order valence-electron chi connectivity index (χ0n) is 42.4. The summed E-state index contributed by atoms with van der Waals surface area (Å²) in [6.45, 7) is 26.5. The third-order valence-corrected chi connectivity index (χ3v) is 15.6. The molecule has 0 radical (unpaired) electrons. The van der Waals surface area contributed by atoms with Crippen LogP contribution in [0.2, 0.25) is 0 Å². The van der Waals surface area contributed by atoms with Crippen LogP contribution in [0.3, 0.4) is 0 Å². The first kappa shape index (κ1) is 68.5. The molecule has 10 unspecified atom stereocenters. The summed E-state index contributed by atoms with van der Waals surface area (Å²) in [4.78, 5) is 0. The summed E-state index contributed by atoms with van der Waals surface area (Å²) in [5, 5.41) is 0. The molecular formula is C54H100Cl4Zr2. The Hall–Kier alpha value is 1.89. The van der Waals surface area contributed by atoms with E-state index in [1.807, 2.05) is 55.4 Å². The van der Waals surface area contributed by atoms with E-state index in [0.717, 1.165) is 71.0 Å². The van der Waals surface area contributed by atoms with Gasteiger partial charge in [0, 0.05) is 0 Å². The van der Waals surface area contributed by atoms with E-state index in [0.29, 0.717) is 10.8 Å². The van der Waals surface area contributed by atoms with Gasteiger partial charge in [-0.2, -0.15) is 0 Å². The molecule has 0 N–H and O–H groups in total. The standard InChI is InChI=1S/2C21H32.4C2H6.4CH3.4ClH.2Zr/c1-21(2,15-9-3-4-10-15)20-18-13-7-5-11-16(18)17-12-6-8-14-19(17)20;1-21(2,18-13-16-8-3-4-9-17(16)14-18)20-12-11-15-7-5-6-10-19(15)20;4*1-2;;;;;;;;;;/h5,7,11,13,15-20H,3-4,6,8-10,12,14H2,1-2H3;3-4,8-9,15-20H,5-7,10-14H2,1-2H3;4*1-2H3;4*1H3;4*1H;;/q;;;;;;4*-1;;;;;2*+4/p-4. The zero-order valence-corrected chi connectivity index (χ0v) is 50.3. The molecule has 0 spiro atoms. The van der Waals surface area contributed by atoms with Crippen molar-refractivity contribution in [2.75, 3.05) is 0 Å². The topological polar surface area (TPSA) is 0 Å². The van der Waals surface area contributed by atoms with Gasteiger partial charge in [-0.25, -0.2) is 0 Å². The van der Waals surface area contributed by atoms with Crippen molar-refractivity contribution in [1.29, 1.82) is 0 Å². The molecule has 0 bridgehead atoms. The molecule has 60 heavy (non-hydrogen) atoms. The van der Waals surface area contributed by atoms with Gasteiger partial charge in [0.15, 0.2) is 0 Å². The van der Waals surface area contributed by atoms with Gasteiger partial charge in [-0.15, -0.1) is 0 Å². The average Bonchev–Trinajstić information content (AvgIpc) is 4.07. The van der Waals surface area contributed by atoms with E-state index in [1.165, 1.54) is 96.3 Å². The zero-order chi connectivity index (χ0) is 42.3. The molecule has 0 aromatic carbocycles. The van der Waals surface area contributed by atoms with Crippen LogP contribution < -0.4 is 0 Å². The molecule has 0 aromatic rings. The quantitative estimate of drug-likeness (QED) is 0.246. The van der Waals surface area contributed by atoms with Gasteiger partial charge < -0.3 is 29.7 Å². The van der Waals surface area contributed by atoms with Gasteiger partial charge in [0.2, 0.25) is 0 Å². The monoisotopic (exact) mass is 1070 g/mol. The fourth-order valence-electron chi connectivity index (χ4n) is 13.3. The summed E-state index contributed by atoms with van der Waals surface area (Å²) < 4.78 is 0. The molecule has 6 saturated carbocycles. The van der Waals surface area contributed by atoms with Crippen LogP contribution in [0, 0.1) is 112 Å². The summed E-state index contributed by atoms with van der Waals surface area (Å²) in [5.41, 5.74) is 1.11. The van der Waals surface area contributed by atoms with Crippen molar-refractivity contribution < 1.29 is 41.7 Å². The Labute approximate surface area is 417 Å². The third-order valence-electron chi connectivity index (χ3n) is 15.6. The summed E-state index contributed by atoms with van der Waals surface area (Å²) in [6.07, 6.45) is 43.4. The van der Waals surface area contributed by atoms with Crippen LogP contribution in [0.25, 0.3) is 0 Å². The SMILES string of the molecule is CC.CC.CC.CC.CC(C)(C1CC2C=CC=CC2C1)C1CCC2CCCCC21.CC(C)(C1CCCC1)C1C2C=CC=CC2C2CCCCC21.[CH3-].[CH3-].[CH3-].[CH3-].[Cl][Zr+2][Cl].[Cl][Zr+2][Cl]. The summed E-state index contributed by atoms with van der Waals surface area (Å²) in [6, 6.07) is 0. The molecule has 6 fully saturated rings. The van der Waals surface area contributed by atoms with E-state index in [1.54, 1.807) is 6.42 Å². The van der Waals surface area contributed by atoms with Crippen molar-refractivity contribution in [2.24, 2.45) is 81.8 Å². The van der Waals surface area contributed by atoms with E-state index in [-0.39, 0.29) is 29.7 Å². The molecule has 0 heterocycles. The van der Waals surface area contributed by atoms with Crippen LogP contribution in [-0.4, -0.2) is 0 Å². The van der Waals surface area contributed by atoms with Crippen LogP contribution in [0.15, 0.2) is 48.6 Å². The first-order valence-electron chi connectivity index (χ1n) is 23.8. The minimum absolute atomic E-state index is 0. The second-order valence-corrected chi connectivity index (χ2v) is 25.5. The Balaban J connectivity index is -0.000000384. The molecule has 10 atom stereocenters. The van der Waals surface area contributed by atoms with Crippen LogP contribution in [0.5, 0.6) is 0 Å². The molecule has 352 valence electrons. The number of hydrogen-bond donors (Lipinski definition) is 0. The Morgan fingerprint density at radius 2 is 0.800 bits per heavy atom. The van der Waals surface area contributed by atoms with Gasteiger partial charge in [0.05, 0.1) is 0 Å². The van der Waals surface area contributed by atoms with Gasteiger partial charge in [0.1, 0.15) is 0 Å². The van der Waals surface area contributed by atoms with Crippen LogP contribution in [0.4, 0.5) is 0 Å². The fraction of sp³-hybridized carbons (Fsp3) is 0.778. The predicted octanol–water partition coefficient (Wildman–Crippen LogP) is 20.7. The van der Waals surface area contributed by atoms with Gasteiger partial charge in [-0.1, -0.05) is 177 Å².